The van der Waals surface area contributed by atoms with E-state index in [-0.39, 0.29) is 12.3 Å². The molecule has 1 amide bonds. The van der Waals surface area contributed by atoms with E-state index < -0.39 is 6.10 Å². The first kappa shape index (κ1) is 9.15. The topological polar surface area (TPSA) is 53.4 Å². The van der Waals surface area contributed by atoms with Crippen LogP contribution in [0, 0.1) is 6.92 Å². The normalized spacial score (nSPS) is 21.7. The number of β-amino-alcohol motifs (C(OH)–C–C–N with tert-alkyl or cyclic N) is 1. The summed E-state index contributed by atoms with van der Waals surface area (Å²) in [6, 6.07) is 3.72. The van der Waals surface area contributed by atoms with Crippen LogP contribution in [0.5, 0.6) is 0 Å². The molecule has 74 valence electrons. The van der Waals surface area contributed by atoms with Crippen LogP contribution in [0.25, 0.3) is 0 Å². The lowest BCUT2D eigenvalue weighted by atomic mass is 10.3. The summed E-state index contributed by atoms with van der Waals surface area (Å²) < 4.78 is 0. The van der Waals surface area contributed by atoms with E-state index in [0.29, 0.717) is 12.4 Å². The molecular formula is C10H12N2O2. The van der Waals surface area contributed by atoms with E-state index in [1.54, 1.807) is 6.20 Å². The highest BCUT2D eigenvalue weighted by Crippen LogP contribution is 2.19. The quantitative estimate of drug-likeness (QED) is 0.704. The number of hydrogen-bond acceptors (Lipinski definition) is 3. The van der Waals surface area contributed by atoms with E-state index in [9.17, 15) is 9.90 Å². The van der Waals surface area contributed by atoms with Crippen molar-refractivity contribution in [2.45, 2.75) is 19.4 Å². The first-order valence-corrected chi connectivity index (χ1v) is 4.58. The lowest BCUT2D eigenvalue weighted by molar-refractivity contribution is -0.117. The van der Waals surface area contributed by atoms with Crippen molar-refractivity contribution in [1.29, 1.82) is 0 Å². The van der Waals surface area contributed by atoms with Crippen LogP contribution in [0.2, 0.25) is 0 Å². The second kappa shape index (κ2) is 3.38. The maximum absolute atomic E-state index is 11.4. The number of hydrogen-bond donors (Lipinski definition) is 1. The fraction of sp³-hybridized carbons (Fsp3) is 0.400. The number of rotatable bonds is 1. The molecule has 1 atom stereocenters. The number of anilines is 1. The third-order valence-electron chi connectivity index (χ3n) is 2.28. The molecule has 1 aliphatic heterocycles. The lowest BCUT2D eigenvalue weighted by Gasteiger charge is -2.14. The largest absolute Gasteiger partial charge is 0.391 e. The molecule has 1 aliphatic rings. The van der Waals surface area contributed by atoms with Crippen LogP contribution in [0.1, 0.15) is 12.0 Å². The summed E-state index contributed by atoms with van der Waals surface area (Å²) in [5.41, 5.74) is 1.06. The van der Waals surface area contributed by atoms with Gasteiger partial charge in [-0.2, -0.15) is 0 Å². The Morgan fingerprint density at radius 3 is 3.00 bits per heavy atom. The summed E-state index contributed by atoms with van der Waals surface area (Å²) in [7, 11) is 0. The van der Waals surface area contributed by atoms with Gasteiger partial charge in [-0.15, -0.1) is 0 Å². The smallest absolute Gasteiger partial charge is 0.230 e. The monoisotopic (exact) mass is 192 g/mol. The molecule has 1 aromatic rings. The molecule has 1 saturated heterocycles. The van der Waals surface area contributed by atoms with Crippen molar-refractivity contribution in [3.05, 3.63) is 23.9 Å². The van der Waals surface area contributed by atoms with Crippen molar-refractivity contribution >= 4 is 11.7 Å². The SMILES string of the molecule is Cc1ccnc(N2CC(O)CC2=O)c1. The molecule has 0 aliphatic carbocycles. The second-order valence-electron chi connectivity index (χ2n) is 3.55. The average Bonchev–Trinajstić information content (AvgIpc) is 2.45. The minimum Gasteiger partial charge on any atom is -0.391 e. The molecule has 14 heavy (non-hydrogen) atoms. The van der Waals surface area contributed by atoms with E-state index in [1.165, 1.54) is 4.90 Å². The van der Waals surface area contributed by atoms with Gasteiger partial charge < -0.3 is 5.11 Å². The Morgan fingerprint density at radius 1 is 1.64 bits per heavy atom. The highest BCUT2D eigenvalue weighted by molar-refractivity contribution is 5.95. The van der Waals surface area contributed by atoms with E-state index in [4.69, 9.17) is 0 Å². The summed E-state index contributed by atoms with van der Waals surface area (Å²) in [5, 5.41) is 9.31. The van der Waals surface area contributed by atoms with E-state index in [1.807, 2.05) is 19.1 Å². The van der Waals surface area contributed by atoms with Gasteiger partial charge in [0.05, 0.1) is 19.1 Å². The molecule has 0 bridgehead atoms. The Hall–Kier alpha value is -1.42. The maximum atomic E-state index is 11.4. The number of aliphatic hydroxyl groups excluding tert-OH is 1. The van der Waals surface area contributed by atoms with Crippen LogP contribution in [-0.4, -0.2) is 28.6 Å². The summed E-state index contributed by atoms with van der Waals surface area (Å²) in [6.45, 7) is 2.30. The average molecular weight is 192 g/mol. The molecule has 1 fully saturated rings. The number of aromatic nitrogens is 1. The molecule has 4 heteroatoms. The van der Waals surface area contributed by atoms with Crippen LogP contribution in [0.4, 0.5) is 5.82 Å². The summed E-state index contributed by atoms with van der Waals surface area (Å²) in [6.07, 6.45) is 1.32. The summed E-state index contributed by atoms with van der Waals surface area (Å²) >= 11 is 0. The van der Waals surface area contributed by atoms with Gasteiger partial charge in [-0.1, -0.05) is 0 Å². The first-order valence-electron chi connectivity index (χ1n) is 4.58. The van der Waals surface area contributed by atoms with Crippen LogP contribution >= 0.6 is 0 Å². The first-order chi connectivity index (χ1) is 6.66. The molecule has 2 rings (SSSR count). The standard InChI is InChI=1S/C10H12N2O2/c1-7-2-3-11-9(4-7)12-6-8(13)5-10(12)14/h2-4,8,13H,5-6H2,1H3. The molecule has 0 saturated carbocycles. The van der Waals surface area contributed by atoms with E-state index in [0.717, 1.165) is 5.56 Å². The van der Waals surface area contributed by atoms with Crippen molar-refractivity contribution < 1.29 is 9.90 Å². The van der Waals surface area contributed by atoms with Crippen molar-refractivity contribution in [2.24, 2.45) is 0 Å². The van der Waals surface area contributed by atoms with Crippen molar-refractivity contribution in [3.63, 3.8) is 0 Å². The number of carbonyl (C=O) groups is 1. The third kappa shape index (κ3) is 1.61. The van der Waals surface area contributed by atoms with Crippen molar-refractivity contribution in [2.75, 3.05) is 11.4 Å². The molecular weight excluding hydrogens is 180 g/mol. The highest BCUT2D eigenvalue weighted by atomic mass is 16.3. The molecule has 1 unspecified atom stereocenters. The Bertz CT molecular complexity index is 365. The Labute approximate surface area is 82.2 Å². The minimum absolute atomic E-state index is 0.0596. The van der Waals surface area contributed by atoms with Gasteiger partial charge in [0.25, 0.3) is 0 Å². The van der Waals surface area contributed by atoms with Crippen molar-refractivity contribution in [3.8, 4) is 0 Å². The molecule has 0 spiro atoms. The Balaban J connectivity index is 2.27. The maximum Gasteiger partial charge on any atom is 0.230 e. The number of aliphatic hydroxyl groups is 1. The molecule has 2 heterocycles. The molecule has 0 radical (unpaired) electrons. The summed E-state index contributed by atoms with van der Waals surface area (Å²) in [4.78, 5) is 17.0. The van der Waals surface area contributed by atoms with Crippen LogP contribution < -0.4 is 4.90 Å². The van der Waals surface area contributed by atoms with E-state index >= 15 is 0 Å². The van der Waals surface area contributed by atoms with Gasteiger partial charge in [-0.3, -0.25) is 9.69 Å². The van der Waals surface area contributed by atoms with Crippen LogP contribution in [0.15, 0.2) is 18.3 Å². The van der Waals surface area contributed by atoms with Gasteiger partial charge >= 0.3 is 0 Å². The highest BCUT2D eigenvalue weighted by Gasteiger charge is 2.29. The zero-order valence-electron chi connectivity index (χ0n) is 7.97. The second-order valence-corrected chi connectivity index (χ2v) is 3.55. The predicted molar refractivity (Wildman–Crippen MR) is 52.0 cm³/mol. The number of carbonyl (C=O) groups excluding carboxylic acids is 1. The third-order valence-corrected chi connectivity index (χ3v) is 2.28. The molecule has 4 nitrogen and oxygen atoms in total. The van der Waals surface area contributed by atoms with Gasteiger partial charge in [0.2, 0.25) is 5.91 Å². The Kier molecular flexibility index (Phi) is 2.21. The number of amides is 1. The molecule has 1 N–H and O–H groups in total. The van der Waals surface area contributed by atoms with E-state index in [2.05, 4.69) is 4.98 Å². The predicted octanol–water partition coefficient (Wildman–Crippen LogP) is 0.488. The van der Waals surface area contributed by atoms with Crippen LogP contribution in [-0.2, 0) is 4.79 Å². The van der Waals surface area contributed by atoms with Crippen LogP contribution in [0.3, 0.4) is 0 Å². The Morgan fingerprint density at radius 2 is 2.43 bits per heavy atom. The fourth-order valence-corrected chi connectivity index (χ4v) is 1.58. The lowest BCUT2D eigenvalue weighted by Crippen LogP contribution is -2.26. The fourth-order valence-electron chi connectivity index (χ4n) is 1.58. The van der Waals surface area contributed by atoms with Crippen molar-refractivity contribution in [1.82, 2.24) is 4.98 Å². The molecule has 1 aromatic heterocycles. The number of aryl methyl sites for hydroxylation is 1. The molecule has 0 aromatic carbocycles. The zero-order chi connectivity index (χ0) is 10.1. The summed E-state index contributed by atoms with van der Waals surface area (Å²) in [5.74, 6) is 0.571. The van der Waals surface area contributed by atoms with Gasteiger partial charge in [-0.25, -0.2) is 4.98 Å². The van der Waals surface area contributed by atoms with Gasteiger partial charge in [0.15, 0.2) is 0 Å². The van der Waals surface area contributed by atoms with Gasteiger partial charge in [0, 0.05) is 6.20 Å². The van der Waals surface area contributed by atoms with Gasteiger partial charge in [-0.05, 0) is 24.6 Å². The van der Waals surface area contributed by atoms with Gasteiger partial charge in [0.1, 0.15) is 5.82 Å². The number of nitrogens with zero attached hydrogens (tertiary/aromatic N) is 2. The minimum atomic E-state index is -0.551. The zero-order valence-corrected chi connectivity index (χ0v) is 7.97. The number of pyridine rings is 1.